The summed E-state index contributed by atoms with van der Waals surface area (Å²) >= 11 is 5.82. The van der Waals surface area contributed by atoms with Gasteiger partial charge in [-0.1, -0.05) is 11.6 Å². The van der Waals surface area contributed by atoms with Crippen molar-refractivity contribution in [2.45, 2.75) is 6.61 Å². The summed E-state index contributed by atoms with van der Waals surface area (Å²) in [6, 6.07) is 1.59. The number of rotatable bonds is 3. The van der Waals surface area contributed by atoms with Crippen LogP contribution >= 0.6 is 11.6 Å². The molecule has 0 unspecified atom stereocenters. The van der Waals surface area contributed by atoms with Crippen molar-refractivity contribution < 1.29 is 9.53 Å². The van der Waals surface area contributed by atoms with Crippen LogP contribution in [0.25, 0.3) is 0 Å². The highest BCUT2D eigenvalue weighted by molar-refractivity contribution is 6.31. The predicted molar refractivity (Wildman–Crippen MR) is 48.5 cm³/mol. The van der Waals surface area contributed by atoms with Crippen LogP contribution in [0.3, 0.4) is 0 Å². The average molecular weight is 201 g/mol. The smallest absolute Gasteiger partial charge is 0.267 e. The van der Waals surface area contributed by atoms with Gasteiger partial charge in [0.05, 0.1) is 6.61 Å². The van der Waals surface area contributed by atoms with E-state index < -0.39 is 5.91 Å². The van der Waals surface area contributed by atoms with E-state index in [1.807, 2.05) is 0 Å². The molecule has 0 spiro atoms. The standard InChI is InChI=1S/C8H9ClN2O2/c1-13-4-5-6(9)2-3-11-7(5)8(10)12/h2-3H,4H2,1H3,(H2,10,12). The van der Waals surface area contributed by atoms with Crippen molar-refractivity contribution in [1.82, 2.24) is 4.98 Å². The van der Waals surface area contributed by atoms with Gasteiger partial charge in [0, 0.05) is 23.9 Å². The van der Waals surface area contributed by atoms with Crippen LogP contribution in [0.4, 0.5) is 0 Å². The Labute approximate surface area is 80.7 Å². The first-order valence-corrected chi connectivity index (χ1v) is 3.96. The molecule has 0 atom stereocenters. The van der Waals surface area contributed by atoms with Gasteiger partial charge >= 0.3 is 0 Å². The van der Waals surface area contributed by atoms with Gasteiger partial charge in [0.1, 0.15) is 5.69 Å². The van der Waals surface area contributed by atoms with E-state index in [1.165, 1.54) is 13.3 Å². The molecule has 5 heteroatoms. The molecule has 0 radical (unpaired) electrons. The largest absolute Gasteiger partial charge is 0.380 e. The minimum atomic E-state index is -0.602. The Bertz CT molecular complexity index is 328. The second-order valence-corrected chi connectivity index (χ2v) is 2.82. The highest BCUT2D eigenvalue weighted by Crippen LogP contribution is 2.18. The van der Waals surface area contributed by atoms with E-state index in [4.69, 9.17) is 22.1 Å². The Balaban J connectivity index is 3.17. The van der Waals surface area contributed by atoms with E-state index in [2.05, 4.69) is 4.98 Å². The second-order valence-electron chi connectivity index (χ2n) is 2.42. The molecule has 0 aliphatic rings. The van der Waals surface area contributed by atoms with Gasteiger partial charge in [-0.15, -0.1) is 0 Å². The summed E-state index contributed by atoms with van der Waals surface area (Å²) in [7, 11) is 1.51. The number of hydrogen-bond acceptors (Lipinski definition) is 3. The Morgan fingerprint density at radius 2 is 2.46 bits per heavy atom. The SMILES string of the molecule is COCc1c(Cl)ccnc1C(N)=O. The van der Waals surface area contributed by atoms with Crippen LogP contribution in [-0.4, -0.2) is 18.0 Å². The molecule has 2 N–H and O–H groups in total. The fourth-order valence-electron chi connectivity index (χ4n) is 0.963. The van der Waals surface area contributed by atoms with Crippen molar-refractivity contribution in [3.05, 3.63) is 28.5 Å². The lowest BCUT2D eigenvalue weighted by Crippen LogP contribution is -2.16. The zero-order valence-electron chi connectivity index (χ0n) is 7.08. The number of primary amides is 1. The quantitative estimate of drug-likeness (QED) is 0.791. The van der Waals surface area contributed by atoms with Gasteiger partial charge in [0.2, 0.25) is 0 Å². The summed E-state index contributed by atoms with van der Waals surface area (Å²) in [5, 5.41) is 0.436. The van der Waals surface area contributed by atoms with Gasteiger partial charge in [0.25, 0.3) is 5.91 Å². The van der Waals surface area contributed by atoms with Crippen LogP contribution in [0, 0.1) is 0 Å². The lowest BCUT2D eigenvalue weighted by Gasteiger charge is -2.05. The molecule has 1 rings (SSSR count). The van der Waals surface area contributed by atoms with Crippen molar-refractivity contribution in [2.24, 2.45) is 5.73 Å². The highest BCUT2D eigenvalue weighted by atomic mass is 35.5. The van der Waals surface area contributed by atoms with Crippen LogP contribution < -0.4 is 5.73 Å². The van der Waals surface area contributed by atoms with Crippen LogP contribution in [0.5, 0.6) is 0 Å². The number of amides is 1. The summed E-state index contributed by atoms with van der Waals surface area (Å²) in [6.07, 6.45) is 1.43. The number of hydrogen-bond donors (Lipinski definition) is 1. The highest BCUT2D eigenvalue weighted by Gasteiger charge is 2.12. The Hall–Kier alpha value is -1.13. The van der Waals surface area contributed by atoms with E-state index >= 15 is 0 Å². The summed E-state index contributed by atoms with van der Waals surface area (Å²) in [6.45, 7) is 0.227. The number of carbonyl (C=O) groups excluding carboxylic acids is 1. The van der Waals surface area contributed by atoms with Gasteiger partial charge in [-0.25, -0.2) is 0 Å². The van der Waals surface area contributed by atoms with E-state index in [1.54, 1.807) is 6.07 Å². The van der Waals surface area contributed by atoms with Gasteiger partial charge < -0.3 is 10.5 Å². The number of methoxy groups -OCH3 is 1. The monoisotopic (exact) mass is 200 g/mol. The van der Waals surface area contributed by atoms with Crippen LogP contribution in [0.2, 0.25) is 5.02 Å². The fraction of sp³-hybridized carbons (Fsp3) is 0.250. The van der Waals surface area contributed by atoms with Crippen molar-refractivity contribution in [3.8, 4) is 0 Å². The van der Waals surface area contributed by atoms with E-state index in [-0.39, 0.29) is 12.3 Å². The first-order chi connectivity index (χ1) is 6.16. The van der Waals surface area contributed by atoms with Crippen LogP contribution in [0.1, 0.15) is 16.1 Å². The molecule has 0 aromatic carbocycles. The lowest BCUT2D eigenvalue weighted by atomic mass is 10.2. The van der Waals surface area contributed by atoms with E-state index in [0.717, 1.165) is 0 Å². The third-order valence-corrected chi connectivity index (χ3v) is 1.87. The van der Waals surface area contributed by atoms with Gasteiger partial charge in [-0.05, 0) is 6.07 Å². The zero-order chi connectivity index (χ0) is 9.84. The van der Waals surface area contributed by atoms with Crippen LogP contribution in [0.15, 0.2) is 12.3 Å². The molecule has 0 aliphatic carbocycles. The molecule has 0 saturated heterocycles. The third kappa shape index (κ3) is 2.17. The van der Waals surface area contributed by atoms with Gasteiger partial charge in [-0.3, -0.25) is 9.78 Å². The Kier molecular flexibility index (Phi) is 3.22. The molecule has 1 amide bonds. The number of pyridine rings is 1. The minimum Gasteiger partial charge on any atom is -0.380 e. The molecule has 0 aliphatic heterocycles. The number of ether oxygens (including phenoxy) is 1. The fourth-order valence-corrected chi connectivity index (χ4v) is 1.16. The third-order valence-electron chi connectivity index (χ3n) is 1.52. The summed E-state index contributed by atoms with van der Waals surface area (Å²) < 4.78 is 4.87. The summed E-state index contributed by atoms with van der Waals surface area (Å²) in [4.78, 5) is 14.7. The molecule has 0 fully saturated rings. The number of nitrogens with zero attached hydrogens (tertiary/aromatic N) is 1. The van der Waals surface area contributed by atoms with E-state index in [0.29, 0.717) is 10.6 Å². The predicted octanol–water partition coefficient (Wildman–Crippen LogP) is 0.980. The topological polar surface area (TPSA) is 65.2 Å². The first kappa shape index (κ1) is 9.95. The molecule has 13 heavy (non-hydrogen) atoms. The average Bonchev–Trinajstić information content (AvgIpc) is 2.08. The van der Waals surface area contributed by atoms with Crippen molar-refractivity contribution >= 4 is 17.5 Å². The normalized spacial score (nSPS) is 10.0. The number of aromatic nitrogens is 1. The number of nitrogens with two attached hydrogens (primary N) is 1. The summed E-state index contributed by atoms with van der Waals surface area (Å²) in [5.41, 5.74) is 5.79. The molecule has 4 nitrogen and oxygen atoms in total. The molecule has 1 aromatic heterocycles. The van der Waals surface area contributed by atoms with Gasteiger partial charge in [-0.2, -0.15) is 0 Å². The van der Waals surface area contributed by atoms with Gasteiger partial charge in [0.15, 0.2) is 0 Å². The van der Waals surface area contributed by atoms with Crippen molar-refractivity contribution in [2.75, 3.05) is 7.11 Å². The minimum absolute atomic E-state index is 0.161. The number of halogens is 1. The maximum Gasteiger partial charge on any atom is 0.267 e. The molecule has 1 heterocycles. The van der Waals surface area contributed by atoms with Crippen molar-refractivity contribution in [1.29, 1.82) is 0 Å². The Morgan fingerprint density at radius 3 is 3.00 bits per heavy atom. The molecular weight excluding hydrogens is 192 g/mol. The molecular formula is C8H9ClN2O2. The Morgan fingerprint density at radius 1 is 1.77 bits per heavy atom. The molecule has 0 saturated carbocycles. The second kappa shape index (κ2) is 4.20. The lowest BCUT2D eigenvalue weighted by molar-refractivity contribution is 0.0990. The maximum atomic E-state index is 10.9. The van der Waals surface area contributed by atoms with E-state index in [9.17, 15) is 4.79 Å². The maximum absolute atomic E-state index is 10.9. The zero-order valence-corrected chi connectivity index (χ0v) is 7.84. The summed E-state index contributed by atoms with van der Waals surface area (Å²) in [5.74, 6) is -0.602. The number of carbonyl (C=O) groups is 1. The van der Waals surface area contributed by atoms with Crippen molar-refractivity contribution in [3.63, 3.8) is 0 Å². The molecule has 1 aromatic rings. The molecule has 70 valence electrons. The first-order valence-electron chi connectivity index (χ1n) is 3.59. The van der Waals surface area contributed by atoms with Crippen LogP contribution in [-0.2, 0) is 11.3 Å². The molecule has 0 bridgehead atoms.